The molecule has 0 spiro atoms. The first-order chi connectivity index (χ1) is 50.5. The highest BCUT2D eigenvalue weighted by Gasteiger charge is 2.38. The van der Waals surface area contributed by atoms with E-state index in [1.807, 2.05) is 0 Å². The van der Waals surface area contributed by atoms with E-state index in [1.165, 1.54) is 44.1 Å². The molecule has 2 aromatic heterocycles. The number of aliphatic imine (C=N–C) groups is 1. The maximum absolute atomic E-state index is 14.3. The number of hydrogen-bond acceptors (Lipinski definition) is 24. The Morgan fingerprint density at radius 3 is 1.35 bits per heavy atom. The third-order valence-corrected chi connectivity index (χ3v) is 15.6. The molecule has 0 saturated carbocycles. The zero-order chi connectivity index (χ0) is 80.0. The molecule has 0 aliphatic rings. The Morgan fingerprint density at radius 1 is 0.486 bits per heavy atom. The van der Waals surface area contributed by atoms with E-state index in [0.717, 1.165) is 0 Å². The number of aliphatic hydroxyl groups excluding tert-OH is 3. The number of unbranched alkanes of at least 4 members (excludes halogenated alkanes) is 1. The first-order valence-corrected chi connectivity index (χ1v) is 33.6. The molecule has 1 aromatic carbocycles. The molecule has 31 N–H and O–H groups in total. The second-order valence-corrected chi connectivity index (χ2v) is 25.0. The fourth-order valence-corrected chi connectivity index (χ4v) is 10.1. The van der Waals surface area contributed by atoms with E-state index in [0.29, 0.717) is 5.56 Å². The van der Waals surface area contributed by atoms with Gasteiger partial charge in [0.1, 0.15) is 66.5 Å². The van der Waals surface area contributed by atoms with Crippen LogP contribution in [0.25, 0.3) is 0 Å². The van der Waals surface area contributed by atoms with Gasteiger partial charge < -0.3 is 134 Å². The van der Waals surface area contributed by atoms with Crippen molar-refractivity contribution in [2.45, 2.75) is 176 Å². The SMILES string of the molecule is CC(C)C[C@H](NC(=O)CNC(=O)[C@H](Cc1cnc[nH]1)NC(=O)[C@H](CCCCN)NC(=O)[C@H](CC(=O)O)NC(=O)[C@H](CO)NC(=O)[C@H](Cc1ccccc1)NC(=O)[C@H](CO)NC(=O)[C@H](CCCN=C(N)N)NC(=O)[C@H](Cc1cnc[nH]1)NC(=O)[C@H](CC(N)=O)NC(=O)[C@@H](N)CC(=O)O)C(=O)N[C@H](C(N)=O)[C@@H](C)O. The fourth-order valence-electron chi connectivity index (χ4n) is 10.1. The highest BCUT2D eigenvalue weighted by molar-refractivity contribution is 6.01. The fraction of sp³-hybridized carbons (Fsp3) is 0.540. The van der Waals surface area contributed by atoms with Crippen molar-refractivity contribution in [2.24, 2.45) is 45.3 Å². The number of hydrogen-bond donors (Lipinski definition) is 25. The number of amides is 14. The molecule has 13 atom stereocenters. The first-order valence-electron chi connectivity index (χ1n) is 33.6. The van der Waals surface area contributed by atoms with Gasteiger partial charge in [0.15, 0.2) is 5.96 Å². The minimum atomic E-state index is -2.08. The summed E-state index contributed by atoms with van der Waals surface area (Å²) >= 11 is 0. The number of aliphatic carboxylic acids is 2. The molecule has 2 heterocycles. The van der Waals surface area contributed by atoms with Gasteiger partial charge >= 0.3 is 11.9 Å². The molecule has 0 aliphatic carbocycles. The van der Waals surface area contributed by atoms with Gasteiger partial charge in [0, 0.05) is 49.6 Å². The molecule has 107 heavy (non-hydrogen) atoms. The van der Waals surface area contributed by atoms with Gasteiger partial charge in [0.25, 0.3) is 0 Å². The van der Waals surface area contributed by atoms with Gasteiger partial charge in [-0.25, -0.2) is 9.97 Å². The predicted octanol–water partition coefficient (Wildman–Crippen LogP) is -11.2. The smallest absolute Gasteiger partial charge is 0.305 e. The average molecular weight is 1510 g/mol. The molecular formula is C63H97N23O21. The largest absolute Gasteiger partial charge is 0.481 e. The predicted molar refractivity (Wildman–Crippen MR) is 373 cm³/mol. The number of aromatic amines is 2. The second kappa shape index (κ2) is 46.1. The topological polar surface area (TPSA) is 744 Å². The van der Waals surface area contributed by atoms with Gasteiger partial charge in [0.05, 0.1) is 63.8 Å². The number of nitrogens with two attached hydrogens (primary N) is 6. The van der Waals surface area contributed by atoms with Gasteiger partial charge in [-0.1, -0.05) is 44.2 Å². The van der Waals surface area contributed by atoms with Crippen molar-refractivity contribution in [3.05, 3.63) is 72.3 Å². The van der Waals surface area contributed by atoms with E-state index in [4.69, 9.17) is 39.5 Å². The number of nitrogens with zero attached hydrogens (tertiary/aromatic N) is 3. The number of guanidine groups is 1. The molecule has 0 bridgehead atoms. The van der Waals surface area contributed by atoms with Crippen molar-refractivity contribution in [3.8, 4) is 0 Å². The molecule has 14 amide bonds. The number of benzene rings is 1. The highest BCUT2D eigenvalue weighted by Crippen LogP contribution is 2.12. The van der Waals surface area contributed by atoms with Gasteiger partial charge in [-0.2, -0.15) is 0 Å². The van der Waals surface area contributed by atoms with Crippen molar-refractivity contribution in [1.29, 1.82) is 0 Å². The van der Waals surface area contributed by atoms with Crippen molar-refractivity contribution in [1.82, 2.24) is 83.7 Å². The molecule has 0 aliphatic heterocycles. The van der Waals surface area contributed by atoms with Crippen molar-refractivity contribution in [2.75, 3.05) is 32.8 Å². The Hall–Kier alpha value is -11.8. The summed E-state index contributed by atoms with van der Waals surface area (Å²) in [6.45, 7) is 1.40. The van der Waals surface area contributed by atoms with Crippen LogP contribution in [0.4, 0.5) is 0 Å². The molecule has 3 rings (SSSR count). The van der Waals surface area contributed by atoms with Crippen LogP contribution < -0.4 is 98.2 Å². The lowest BCUT2D eigenvalue weighted by molar-refractivity contribution is -0.142. The number of aliphatic hydroxyl groups is 3. The zero-order valence-electron chi connectivity index (χ0n) is 58.9. The van der Waals surface area contributed by atoms with Crippen LogP contribution in [-0.2, 0) is 96.0 Å². The molecule has 44 nitrogen and oxygen atoms in total. The lowest BCUT2D eigenvalue weighted by Gasteiger charge is -2.27. The van der Waals surface area contributed by atoms with E-state index in [1.54, 1.807) is 32.0 Å². The Balaban J connectivity index is 1.91. The van der Waals surface area contributed by atoms with Gasteiger partial charge in [-0.3, -0.25) is 81.7 Å². The lowest BCUT2D eigenvalue weighted by atomic mass is 10.0. The van der Waals surface area contributed by atoms with Gasteiger partial charge in [-0.05, 0) is 63.5 Å². The van der Waals surface area contributed by atoms with Crippen LogP contribution in [-0.4, -0.2) is 258 Å². The normalized spacial score (nSPS) is 14.7. The standard InChI is InChI=1S/C63H97N23O21/c1-30(2)16-38(60(105)86-50(31(3)89)51(67)96)76-47(91)25-73-53(98)40(18-33-23-70-28-74-33)81-54(99)36(12-7-8-14-64)77-59(104)43(22-49(94)95)83-62(107)45(27-88)85-56(101)39(17-32-10-5-4-6-11-32)80-61(106)44(26-87)84-55(100)37(13-9-15-72-63(68)69)78-57(102)41(19-34-24-71-29-75-34)82-58(103)42(21-46(66)90)79-52(97)35(65)20-48(92)93/h4-6,10-11,23-24,28-31,35-45,50,87-89H,7-9,12-22,25-27,64-65H2,1-3H3,(H2,66,90)(H2,67,96)(H,70,74)(H,71,75)(H,73,98)(H,76,91)(H,77,104)(H,78,102)(H,79,97)(H,80,106)(H,81,99)(H,82,103)(H,83,107)(H,84,100)(H,85,101)(H,86,105)(H,92,93)(H,94,95)(H4,68,69,72)/t31-,35+,36+,37+,38+,39+,40+,41+,42+,43+,44+,45+,50+/m1/s1. The number of aromatic nitrogens is 4. The minimum absolute atomic E-state index is 0.0334. The van der Waals surface area contributed by atoms with E-state index in [9.17, 15) is 97.1 Å². The minimum Gasteiger partial charge on any atom is -0.481 e. The maximum atomic E-state index is 14.3. The third-order valence-electron chi connectivity index (χ3n) is 15.6. The highest BCUT2D eigenvalue weighted by atomic mass is 16.4. The number of carbonyl (C=O) groups is 16. The maximum Gasteiger partial charge on any atom is 0.305 e. The summed E-state index contributed by atoms with van der Waals surface area (Å²) < 4.78 is 0. The summed E-state index contributed by atoms with van der Waals surface area (Å²) in [7, 11) is 0. The van der Waals surface area contributed by atoms with Crippen LogP contribution in [0, 0.1) is 5.92 Å². The second-order valence-electron chi connectivity index (χ2n) is 25.0. The first kappa shape index (κ1) is 89.4. The summed E-state index contributed by atoms with van der Waals surface area (Å²) in [5.74, 6) is -19.6. The summed E-state index contributed by atoms with van der Waals surface area (Å²) in [6.07, 6.45) is -0.554. The molecule has 0 fully saturated rings. The van der Waals surface area contributed by atoms with Gasteiger partial charge in [-0.15, -0.1) is 0 Å². The Labute approximate surface area is 611 Å². The summed E-state index contributed by atoms with van der Waals surface area (Å²) in [6, 6.07) is -13.0. The van der Waals surface area contributed by atoms with Crippen molar-refractivity contribution >= 4 is 101 Å². The molecule has 0 radical (unpaired) electrons. The van der Waals surface area contributed by atoms with E-state index in [2.05, 4.69) is 88.7 Å². The van der Waals surface area contributed by atoms with Crippen LogP contribution in [0.15, 0.2) is 60.4 Å². The van der Waals surface area contributed by atoms with E-state index < -0.39 is 225 Å². The van der Waals surface area contributed by atoms with Crippen molar-refractivity contribution in [3.63, 3.8) is 0 Å². The summed E-state index contributed by atoms with van der Waals surface area (Å²) in [5.41, 5.74) is 33.9. The number of carbonyl (C=O) groups excluding carboxylic acids is 14. The van der Waals surface area contributed by atoms with E-state index >= 15 is 0 Å². The summed E-state index contributed by atoms with van der Waals surface area (Å²) in [4.78, 5) is 231. The van der Waals surface area contributed by atoms with Crippen LogP contribution in [0.2, 0.25) is 0 Å². The quantitative estimate of drug-likeness (QED) is 0.0142. The lowest BCUT2D eigenvalue weighted by Crippen LogP contribution is -2.62. The molecule has 3 aromatic rings. The Bertz CT molecular complexity index is 3530. The van der Waals surface area contributed by atoms with Gasteiger partial charge in [0.2, 0.25) is 82.7 Å². The molecule has 44 heteroatoms. The summed E-state index contributed by atoms with van der Waals surface area (Å²) in [5, 5.41) is 78.2. The average Bonchev–Trinajstić information content (AvgIpc) is 1.44. The number of carboxylic acids is 2. The number of imidazole rings is 2. The van der Waals surface area contributed by atoms with E-state index in [-0.39, 0.29) is 81.3 Å². The number of carboxylic acid groups (broad SMARTS) is 2. The monoisotopic (exact) mass is 1510 g/mol. The number of rotatable bonds is 50. The molecule has 0 unspecified atom stereocenters. The van der Waals surface area contributed by atoms with Crippen LogP contribution in [0.5, 0.6) is 0 Å². The molecular weight excluding hydrogens is 1410 g/mol. The third kappa shape index (κ3) is 33.3. The van der Waals surface area contributed by atoms with Crippen molar-refractivity contribution < 1.29 is 102 Å². The number of H-pyrrole nitrogens is 2. The Kier molecular flexibility index (Phi) is 38.6. The van der Waals surface area contributed by atoms with Crippen LogP contribution >= 0.6 is 0 Å². The molecule has 590 valence electrons. The number of primary amides is 2. The molecule has 0 saturated heterocycles. The zero-order valence-corrected chi connectivity index (χ0v) is 58.9. The van der Waals surface area contributed by atoms with Crippen LogP contribution in [0.3, 0.4) is 0 Å². The number of nitrogens with one attached hydrogen (secondary N) is 14. The van der Waals surface area contributed by atoms with Crippen LogP contribution in [0.1, 0.15) is 95.5 Å². The Morgan fingerprint density at radius 2 is 0.907 bits per heavy atom.